The highest BCUT2D eigenvalue weighted by Crippen LogP contribution is 2.35. The fourth-order valence-corrected chi connectivity index (χ4v) is 3.57. The molecule has 1 unspecified atom stereocenters. The van der Waals surface area contributed by atoms with Crippen LogP contribution in [0.3, 0.4) is 0 Å². The Kier molecular flexibility index (Phi) is 6.25. The Morgan fingerprint density at radius 1 is 1.13 bits per heavy atom. The van der Waals surface area contributed by atoms with Gasteiger partial charge in [0.2, 0.25) is 0 Å². The fourth-order valence-electron chi connectivity index (χ4n) is 3.57. The molecular formula is C21H21NO9. The van der Waals surface area contributed by atoms with Crippen molar-refractivity contribution in [1.82, 2.24) is 0 Å². The molecular weight excluding hydrogens is 410 g/mol. The van der Waals surface area contributed by atoms with Crippen molar-refractivity contribution in [2.24, 2.45) is 0 Å². The molecule has 0 saturated carbocycles. The standard InChI is InChI=1S/C21H21NO9/c1-27-21-18(30-19(24)12-5-3-2-4-6-12)16(23)17-15(29-21)11-28-20(31-17)13-7-9-14(10-8-13)22(25)26/h2-10,15-18,20-21,23H,11H2,1H3/t15-,16+,17-,18-,20?,21+/m1/s1. The number of aliphatic hydroxyl groups excluding tert-OH is 1. The predicted octanol–water partition coefficient (Wildman–Crippen LogP) is 1.97. The number of fused-ring (bicyclic) bond motifs is 1. The minimum absolute atomic E-state index is 0.0608. The van der Waals surface area contributed by atoms with Gasteiger partial charge in [-0.3, -0.25) is 10.1 Å². The van der Waals surface area contributed by atoms with Crippen LogP contribution in [0.4, 0.5) is 5.69 Å². The number of hydrogen-bond acceptors (Lipinski definition) is 9. The van der Waals surface area contributed by atoms with Crippen LogP contribution < -0.4 is 0 Å². The Hall–Kier alpha value is -2.89. The summed E-state index contributed by atoms with van der Waals surface area (Å²) in [7, 11) is 1.38. The summed E-state index contributed by atoms with van der Waals surface area (Å²) in [4.78, 5) is 22.8. The van der Waals surface area contributed by atoms with Crippen molar-refractivity contribution in [2.45, 2.75) is 37.0 Å². The van der Waals surface area contributed by atoms with E-state index in [1.54, 1.807) is 30.3 Å². The molecule has 10 heteroatoms. The van der Waals surface area contributed by atoms with Crippen LogP contribution in [-0.4, -0.2) is 60.4 Å². The van der Waals surface area contributed by atoms with E-state index in [0.717, 1.165) is 0 Å². The van der Waals surface area contributed by atoms with Gasteiger partial charge in [-0.15, -0.1) is 0 Å². The predicted molar refractivity (Wildman–Crippen MR) is 104 cm³/mol. The van der Waals surface area contributed by atoms with Gasteiger partial charge in [-0.05, 0) is 24.3 Å². The van der Waals surface area contributed by atoms with Crippen molar-refractivity contribution in [2.75, 3.05) is 13.7 Å². The molecule has 0 amide bonds. The minimum atomic E-state index is -1.25. The quantitative estimate of drug-likeness (QED) is 0.429. The number of aliphatic hydroxyl groups is 1. The molecule has 0 radical (unpaired) electrons. The summed E-state index contributed by atoms with van der Waals surface area (Å²) in [5.74, 6) is -0.632. The van der Waals surface area contributed by atoms with Crippen molar-refractivity contribution < 1.29 is 38.5 Å². The van der Waals surface area contributed by atoms with Crippen LogP contribution in [0.1, 0.15) is 22.2 Å². The minimum Gasteiger partial charge on any atom is -0.450 e. The van der Waals surface area contributed by atoms with Gasteiger partial charge in [-0.2, -0.15) is 0 Å². The lowest BCUT2D eigenvalue weighted by atomic mass is 9.97. The smallest absolute Gasteiger partial charge is 0.338 e. The summed E-state index contributed by atoms with van der Waals surface area (Å²) in [6.45, 7) is 0.0859. The second-order valence-electron chi connectivity index (χ2n) is 7.12. The topological polar surface area (TPSA) is 127 Å². The zero-order valence-corrected chi connectivity index (χ0v) is 16.5. The molecule has 10 nitrogen and oxygen atoms in total. The van der Waals surface area contributed by atoms with E-state index in [1.165, 1.54) is 31.4 Å². The number of benzene rings is 2. The number of methoxy groups -OCH3 is 1. The van der Waals surface area contributed by atoms with Crippen LogP contribution in [-0.2, 0) is 23.7 Å². The number of hydrogen-bond donors (Lipinski definition) is 1. The molecule has 0 bridgehead atoms. The van der Waals surface area contributed by atoms with Crippen molar-refractivity contribution in [3.05, 3.63) is 75.8 Å². The van der Waals surface area contributed by atoms with Gasteiger partial charge in [0.25, 0.3) is 5.69 Å². The molecule has 31 heavy (non-hydrogen) atoms. The maximum Gasteiger partial charge on any atom is 0.338 e. The molecule has 0 spiro atoms. The molecule has 2 aliphatic rings. The Labute approximate surface area is 177 Å². The summed E-state index contributed by atoms with van der Waals surface area (Å²) >= 11 is 0. The van der Waals surface area contributed by atoms with Crippen molar-refractivity contribution >= 4 is 11.7 Å². The van der Waals surface area contributed by atoms with Crippen LogP contribution in [0.15, 0.2) is 54.6 Å². The number of nitro groups is 1. The highest BCUT2D eigenvalue weighted by Gasteiger charge is 2.51. The first-order chi connectivity index (χ1) is 15.0. The molecule has 2 saturated heterocycles. The number of carbonyl (C=O) groups is 1. The van der Waals surface area contributed by atoms with Gasteiger partial charge in [-0.1, -0.05) is 18.2 Å². The molecule has 1 N–H and O–H groups in total. The fraction of sp³-hybridized carbons (Fsp3) is 0.381. The molecule has 6 atom stereocenters. The average Bonchev–Trinajstić information content (AvgIpc) is 2.81. The van der Waals surface area contributed by atoms with E-state index in [1.807, 2.05) is 0 Å². The average molecular weight is 431 g/mol. The Bertz CT molecular complexity index is 920. The maximum atomic E-state index is 12.5. The van der Waals surface area contributed by atoms with E-state index in [0.29, 0.717) is 11.1 Å². The van der Waals surface area contributed by atoms with Crippen LogP contribution >= 0.6 is 0 Å². The molecule has 2 aliphatic heterocycles. The maximum absolute atomic E-state index is 12.5. The molecule has 4 rings (SSSR count). The van der Waals surface area contributed by atoms with Crippen LogP contribution in [0.25, 0.3) is 0 Å². The Balaban J connectivity index is 1.49. The number of non-ortho nitro benzene ring substituents is 1. The van der Waals surface area contributed by atoms with E-state index < -0.39 is 47.9 Å². The first kappa shape index (κ1) is 21.3. The van der Waals surface area contributed by atoms with E-state index >= 15 is 0 Å². The van der Waals surface area contributed by atoms with Crippen molar-refractivity contribution in [1.29, 1.82) is 0 Å². The Morgan fingerprint density at radius 3 is 2.48 bits per heavy atom. The monoisotopic (exact) mass is 431 g/mol. The third-order valence-electron chi connectivity index (χ3n) is 5.17. The number of nitrogens with zero attached hydrogens (tertiary/aromatic N) is 1. The second-order valence-corrected chi connectivity index (χ2v) is 7.12. The van der Waals surface area contributed by atoms with Crippen LogP contribution in [0.5, 0.6) is 0 Å². The molecule has 2 fully saturated rings. The third kappa shape index (κ3) is 4.43. The van der Waals surface area contributed by atoms with Gasteiger partial charge in [0.15, 0.2) is 18.7 Å². The molecule has 164 valence electrons. The van der Waals surface area contributed by atoms with Gasteiger partial charge in [-0.25, -0.2) is 4.79 Å². The summed E-state index contributed by atoms with van der Waals surface area (Å²) in [5.41, 5.74) is 0.806. The Morgan fingerprint density at radius 2 is 1.84 bits per heavy atom. The number of rotatable bonds is 5. The van der Waals surface area contributed by atoms with E-state index in [9.17, 15) is 20.0 Å². The SMILES string of the molecule is CO[C@H]1O[C@@H]2COC(c3ccc([N+](=O)[O-])cc3)O[C@H]2[C@H](O)[C@H]1OC(=O)c1ccccc1. The largest absolute Gasteiger partial charge is 0.450 e. The van der Waals surface area contributed by atoms with Gasteiger partial charge in [0, 0.05) is 24.8 Å². The highest BCUT2D eigenvalue weighted by atomic mass is 16.8. The van der Waals surface area contributed by atoms with E-state index in [4.69, 9.17) is 23.7 Å². The lowest BCUT2D eigenvalue weighted by Crippen LogP contribution is -2.63. The van der Waals surface area contributed by atoms with Crippen LogP contribution in [0.2, 0.25) is 0 Å². The summed E-state index contributed by atoms with van der Waals surface area (Å²) in [6.07, 6.45) is -5.78. The molecule has 2 aromatic rings. The molecule has 0 aromatic heterocycles. The molecule has 2 heterocycles. The number of esters is 1. The number of ether oxygens (including phenoxy) is 5. The zero-order valence-electron chi connectivity index (χ0n) is 16.5. The molecule has 2 aromatic carbocycles. The number of carbonyl (C=O) groups excluding carboxylic acids is 1. The molecule has 0 aliphatic carbocycles. The van der Waals surface area contributed by atoms with Gasteiger partial charge < -0.3 is 28.8 Å². The first-order valence-electron chi connectivity index (χ1n) is 9.61. The van der Waals surface area contributed by atoms with Crippen LogP contribution in [0, 0.1) is 10.1 Å². The summed E-state index contributed by atoms with van der Waals surface area (Å²) in [5, 5.41) is 21.8. The lowest BCUT2D eigenvalue weighted by molar-refractivity contribution is -0.385. The highest BCUT2D eigenvalue weighted by molar-refractivity contribution is 5.89. The van der Waals surface area contributed by atoms with Gasteiger partial charge >= 0.3 is 5.97 Å². The second kappa shape index (κ2) is 9.08. The normalized spacial score (nSPS) is 30.3. The van der Waals surface area contributed by atoms with Crippen molar-refractivity contribution in [3.63, 3.8) is 0 Å². The summed E-state index contributed by atoms with van der Waals surface area (Å²) < 4.78 is 28.1. The van der Waals surface area contributed by atoms with E-state index in [-0.39, 0.29) is 12.3 Å². The van der Waals surface area contributed by atoms with Gasteiger partial charge in [0.05, 0.1) is 17.1 Å². The van der Waals surface area contributed by atoms with E-state index in [2.05, 4.69) is 0 Å². The lowest BCUT2D eigenvalue weighted by Gasteiger charge is -2.46. The number of nitro benzene ring substituents is 1. The zero-order chi connectivity index (χ0) is 22.0. The third-order valence-corrected chi connectivity index (χ3v) is 5.17. The van der Waals surface area contributed by atoms with Crippen molar-refractivity contribution in [3.8, 4) is 0 Å². The van der Waals surface area contributed by atoms with Gasteiger partial charge in [0.1, 0.15) is 18.3 Å². The summed E-state index contributed by atoms with van der Waals surface area (Å²) in [6, 6.07) is 14.1. The first-order valence-corrected chi connectivity index (χ1v) is 9.61.